The molecule has 4 heteroatoms. The maximum Gasteiger partial charge on any atom is 0.259 e. The molecule has 0 bridgehead atoms. The molecule has 1 aliphatic rings. The number of hydrogen-bond donors (Lipinski definition) is 0. The quantitative estimate of drug-likeness (QED) is 0.853. The summed E-state index contributed by atoms with van der Waals surface area (Å²) in [6.45, 7) is 5.40. The van der Waals surface area contributed by atoms with E-state index in [1.54, 1.807) is 11.8 Å². The van der Waals surface area contributed by atoms with Gasteiger partial charge < -0.3 is 0 Å². The molecule has 0 atom stereocenters. The standard InChI is InChI=1S/C19H20N2OS/c1-14-10-15(2)12-17(11-14)18(22)21-9-8-20-19(21)23-13-16-6-4-3-5-7-16/h3-7,10-12H,8-9,13H2,1-2H3. The lowest BCUT2D eigenvalue weighted by Crippen LogP contribution is -2.33. The molecular weight excluding hydrogens is 304 g/mol. The first-order chi connectivity index (χ1) is 11.1. The van der Waals surface area contributed by atoms with Gasteiger partial charge in [-0.3, -0.25) is 14.7 Å². The Hall–Kier alpha value is -2.07. The van der Waals surface area contributed by atoms with Crippen LogP contribution < -0.4 is 0 Å². The molecule has 3 rings (SSSR count). The van der Waals surface area contributed by atoms with E-state index in [1.807, 2.05) is 49.1 Å². The topological polar surface area (TPSA) is 32.7 Å². The van der Waals surface area contributed by atoms with Crippen LogP contribution in [0, 0.1) is 13.8 Å². The zero-order valence-corrected chi connectivity index (χ0v) is 14.3. The van der Waals surface area contributed by atoms with Gasteiger partial charge in [0.2, 0.25) is 0 Å². The highest BCUT2D eigenvalue weighted by Gasteiger charge is 2.25. The van der Waals surface area contributed by atoms with Crippen molar-refractivity contribution in [2.45, 2.75) is 19.6 Å². The van der Waals surface area contributed by atoms with E-state index in [1.165, 1.54) is 5.56 Å². The molecule has 0 N–H and O–H groups in total. The van der Waals surface area contributed by atoms with Crippen molar-refractivity contribution in [1.29, 1.82) is 0 Å². The minimum absolute atomic E-state index is 0.0496. The molecule has 0 fully saturated rings. The second kappa shape index (κ2) is 7.01. The molecule has 1 heterocycles. The van der Waals surface area contributed by atoms with Gasteiger partial charge in [0.05, 0.1) is 6.54 Å². The van der Waals surface area contributed by atoms with Gasteiger partial charge in [-0.2, -0.15) is 0 Å². The molecule has 2 aromatic carbocycles. The fraction of sp³-hybridized carbons (Fsp3) is 0.263. The monoisotopic (exact) mass is 324 g/mol. The number of carbonyl (C=O) groups is 1. The van der Waals surface area contributed by atoms with Crippen molar-refractivity contribution in [1.82, 2.24) is 4.90 Å². The summed E-state index contributed by atoms with van der Waals surface area (Å²) in [6.07, 6.45) is 0. The highest BCUT2D eigenvalue weighted by atomic mass is 32.2. The summed E-state index contributed by atoms with van der Waals surface area (Å²) >= 11 is 1.63. The Morgan fingerprint density at radius 3 is 2.52 bits per heavy atom. The van der Waals surface area contributed by atoms with Crippen LogP contribution in [0.3, 0.4) is 0 Å². The summed E-state index contributed by atoms with van der Waals surface area (Å²) in [4.78, 5) is 19.1. The Labute approximate surface area is 141 Å². The van der Waals surface area contributed by atoms with E-state index < -0.39 is 0 Å². The second-order valence-electron chi connectivity index (χ2n) is 5.77. The lowest BCUT2D eigenvalue weighted by atomic mass is 10.1. The Morgan fingerprint density at radius 2 is 1.83 bits per heavy atom. The molecule has 1 amide bonds. The summed E-state index contributed by atoms with van der Waals surface area (Å²) < 4.78 is 0. The first-order valence-corrected chi connectivity index (χ1v) is 8.73. The van der Waals surface area contributed by atoms with Crippen LogP contribution in [0.25, 0.3) is 0 Å². The van der Waals surface area contributed by atoms with Crippen molar-refractivity contribution >= 4 is 22.8 Å². The molecule has 0 radical (unpaired) electrons. The molecule has 0 saturated carbocycles. The average Bonchev–Trinajstić information content (AvgIpc) is 3.00. The number of rotatable bonds is 3. The van der Waals surface area contributed by atoms with Crippen LogP contribution in [0.15, 0.2) is 53.5 Å². The van der Waals surface area contributed by atoms with E-state index in [4.69, 9.17) is 0 Å². The number of amidine groups is 1. The van der Waals surface area contributed by atoms with E-state index in [-0.39, 0.29) is 5.91 Å². The number of aryl methyl sites for hydroxylation is 2. The molecule has 0 aromatic heterocycles. The van der Waals surface area contributed by atoms with E-state index in [9.17, 15) is 4.79 Å². The molecule has 0 spiro atoms. The van der Waals surface area contributed by atoms with Gasteiger partial charge in [0.1, 0.15) is 0 Å². The fourth-order valence-corrected chi connectivity index (χ4v) is 3.72. The van der Waals surface area contributed by atoms with Gasteiger partial charge in [0, 0.05) is 17.9 Å². The Bertz CT molecular complexity index is 720. The number of carbonyl (C=O) groups excluding carboxylic acids is 1. The van der Waals surface area contributed by atoms with Gasteiger partial charge in [0.15, 0.2) is 5.17 Å². The Kier molecular flexibility index (Phi) is 4.82. The Balaban J connectivity index is 1.72. The predicted octanol–water partition coefficient (Wildman–Crippen LogP) is 4.05. The second-order valence-corrected chi connectivity index (χ2v) is 6.71. The minimum Gasteiger partial charge on any atom is -0.286 e. The third kappa shape index (κ3) is 3.82. The number of amides is 1. The highest BCUT2D eigenvalue weighted by molar-refractivity contribution is 8.13. The maximum atomic E-state index is 12.8. The minimum atomic E-state index is 0.0496. The van der Waals surface area contributed by atoms with Crippen LogP contribution in [0.2, 0.25) is 0 Å². The smallest absolute Gasteiger partial charge is 0.259 e. The van der Waals surface area contributed by atoms with Crippen molar-refractivity contribution in [3.63, 3.8) is 0 Å². The molecule has 118 valence electrons. The SMILES string of the molecule is Cc1cc(C)cc(C(=O)N2CCN=C2SCc2ccccc2)c1. The van der Waals surface area contributed by atoms with E-state index in [0.717, 1.165) is 27.6 Å². The molecule has 0 saturated heterocycles. The number of thioether (sulfide) groups is 1. The van der Waals surface area contributed by atoms with E-state index in [2.05, 4.69) is 23.2 Å². The van der Waals surface area contributed by atoms with Crippen molar-refractivity contribution < 1.29 is 4.79 Å². The van der Waals surface area contributed by atoms with E-state index >= 15 is 0 Å². The van der Waals surface area contributed by atoms with Gasteiger partial charge in [-0.25, -0.2) is 0 Å². The number of nitrogens with zero attached hydrogens (tertiary/aromatic N) is 2. The van der Waals surface area contributed by atoms with Crippen molar-refractivity contribution in [3.05, 3.63) is 70.8 Å². The summed E-state index contributed by atoms with van der Waals surface area (Å²) in [5.41, 5.74) is 4.22. The number of aliphatic imine (C=N–C) groups is 1. The molecule has 23 heavy (non-hydrogen) atoms. The van der Waals surface area contributed by atoms with Crippen molar-refractivity contribution in [2.75, 3.05) is 13.1 Å². The van der Waals surface area contributed by atoms with Gasteiger partial charge in [-0.1, -0.05) is 59.3 Å². The van der Waals surface area contributed by atoms with Gasteiger partial charge in [-0.05, 0) is 31.5 Å². The van der Waals surface area contributed by atoms with Crippen LogP contribution in [-0.2, 0) is 5.75 Å². The normalized spacial score (nSPS) is 14.0. The molecular formula is C19H20N2OS. The average molecular weight is 324 g/mol. The fourth-order valence-electron chi connectivity index (χ4n) is 2.71. The van der Waals surface area contributed by atoms with Crippen molar-refractivity contribution in [3.8, 4) is 0 Å². The van der Waals surface area contributed by atoms with Gasteiger partial charge in [-0.15, -0.1) is 0 Å². The number of hydrogen-bond acceptors (Lipinski definition) is 3. The van der Waals surface area contributed by atoms with Crippen LogP contribution >= 0.6 is 11.8 Å². The largest absolute Gasteiger partial charge is 0.286 e. The van der Waals surface area contributed by atoms with Crippen LogP contribution in [0.5, 0.6) is 0 Å². The van der Waals surface area contributed by atoms with Crippen molar-refractivity contribution in [2.24, 2.45) is 4.99 Å². The lowest BCUT2D eigenvalue weighted by molar-refractivity contribution is 0.0860. The zero-order valence-electron chi connectivity index (χ0n) is 13.5. The first-order valence-electron chi connectivity index (χ1n) is 7.75. The summed E-state index contributed by atoms with van der Waals surface area (Å²) in [7, 11) is 0. The molecule has 3 nitrogen and oxygen atoms in total. The third-order valence-corrected chi connectivity index (χ3v) is 4.81. The van der Waals surface area contributed by atoms with Gasteiger partial charge >= 0.3 is 0 Å². The van der Waals surface area contributed by atoms with Crippen LogP contribution in [0.1, 0.15) is 27.0 Å². The summed E-state index contributed by atoms with van der Waals surface area (Å²) in [5.74, 6) is 0.879. The predicted molar refractivity (Wildman–Crippen MR) is 97.0 cm³/mol. The van der Waals surface area contributed by atoms with Crippen LogP contribution in [-0.4, -0.2) is 29.1 Å². The first kappa shape index (κ1) is 15.8. The van der Waals surface area contributed by atoms with Crippen LogP contribution in [0.4, 0.5) is 0 Å². The summed E-state index contributed by atoms with van der Waals surface area (Å²) in [6, 6.07) is 16.3. The molecule has 1 aliphatic heterocycles. The Morgan fingerprint density at radius 1 is 1.13 bits per heavy atom. The molecule has 0 unspecified atom stereocenters. The summed E-state index contributed by atoms with van der Waals surface area (Å²) in [5, 5.41) is 0.831. The third-order valence-electron chi connectivity index (χ3n) is 3.73. The molecule has 2 aromatic rings. The number of benzene rings is 2. The highest BCUT2D eigenvalue weighted by Crippen LogP contribution is 2.22. The van der Waals surface area contributed by atoms with E-state index in [0.29, 0.717) is 13.1 Å². The zero-order chi connectivity index (χ0) is 16.2. The van der Waals surface area contributed by atoms with Gasteiger partial charge in [0.25, 0.3) is 5.91 Å². The molecule has 0 aliphatic carbocycles. The lowest BCUT2D eigenvalue weighted by Gasteiger charge is -2.18. The maximum absolute atomic E-state index is 12.8.